The van der Waals surface area contributed by atoms with E-state index in [4.69, 9.17) is 5.73 Å². The minimum Gasteiger partial charge on any atom is -0.336 e. The molecule has 0 aromatic heterocycles. The third-order valence-corrected chi connectivity index (χ3v) is 3.84. The van der Waals surface area contributed by atoms with Gasteiger partial charge in [0.05, 0.1) is 6.04 Å². The minimum atomic E-state index is -0.534. The van der Waals surface area contributed by atoms with Crippen molar-refractivity contribution in [3.05, 3.63) is 24.3 Å². The average Bonchev–Trinajstić information content (AvgIpc) is 2.92. The van der Waals surface area contributed by atoms with Gasteiger partial charge in [0.1, 0.15) is 0 Å². The zero-order valence-electron chi connectivity index (χ0n) is 12.4. The smallest absolute Gasteiger partial charge is 0.321 e. The molecule has 0 aliphatic carbocycles. The average molecular weight is 290 g/mol. The van der Waals surface area contributed by atoms with Gasteiger partial charge in [-0.1, -0.05) is 26.3 Å². The first-order valence-corrected chi connectivity index (χ1v) is 7.24. The van der Waals surface area contributed by atoms with Gasteiger partial charge in [-0.05, 0) is 24.1 Å². The van der Waals surface area contributed by atoms with E-state index in [0.717, 1.165) is 12.1 Å². The Labute approximate surface area is 124 Å². The summed E-state index contributed by atoms with van der Waals surface area (Å²) in [5.74, 6) is -0.0788. The molecule has 6 heteroatoms. The molecule has 1 unspecified atom stereocenters. The van der Waals surface area contributed by atoms with E-state index in [9.17, 15) is 9.59 Å². The lowest BCUT2D eigenvalue weighted by Gasteiger charge is -2.19. The van der Waals surface area contributed by atoms with Crippen molar-refractivity contribution in [3.8, 4) is 0 Å². The highest BCUT2D eigenvalue weighted by Gasteiger charge is 2.22. The number of rotatable bonds is 5. The van der Waals surface area contributed by atoms with E-state index < -0.39 is 6.04 Å². The second-order valence-corrected chi connectivity index (χ2v) is 5.33. The predicted octanol–water partition coefficient (Wildman–Crippen LogP) is 1.53. The minimum absolute atomic E-state index is 0.116. The number of hydrogen-bond acceptors (Lipinski definition) is 3. The maximum atomic E-state index is 12.1. The standard InChI is InChI=1S/C15H22N4O2/c1-3-10(2)13(16)14(20)18-11-5-4-6-12(9-11)19-8-7-17-15(19)21/h4-6,9-10,13H,3,7-8,16H2,1-2H3,(H,17,21)(H,18,20)/t10?,13-/m0/s1. The van der Waals surface area contributed by atoms with Crippen LogP contribution in [0.1, 0.15) is 20.3 Å². The summed E-state index contributed by atoms with van der Waals surface area (Å²) in [6, 6.07) is 6.58. The van der Waals surface area contributed by atoms with Crippen molar-refractivity contribution in [2.45, 2.75) is 26.3 Å². The molecule has 21 heavy (non-hydrogen) atoms. The van der Waals surface area contributed by atoms with Crippen LogP contribution in [0.5, 0.6) is 0 Å². The van der Waals surface area contributed by atoms with Crippen molar-refractivity contribution in [2.75, 3.05) is 23.3 Å². The number of nitrogens with two attached hydrogens (primary N) is 1. The molecule has 3 amide bonds. The molecule has 1 aromatic carbocycles. The number of anilines is 2. The number of carbonyl (C=O) groups is 2. The number of nitrogens with one attached hydrogen (secondary N) is 2. The van der Waals surface area contributed by atoms with E-state index in [1.54, 1.807) is 17.0 Å². The quantitative estimate of drug-likeness (QED) is 0.768. The van der Waals surface area contributed by atoms with E-state index in [2.05, 4.69) is 10.6 Å². The van der Waals surface area contributed by atoms with Crippen LogP contribution in [-0.4, -0.2) is 31.1 Å². The van der Waals surface area contributed by atoms with Gasteiger partial charge in [0.15, 0.2) is 0 Å². The maximum absolute atomic E-state index is 12.1. The summed E-state index contributed by atoms with van der Waals surface area (Å²) in [6.45, 7) is 5.22. The molecule has 4 N–H and O–H groups in total. The van der Waals surface area contributed by atoms with Crippen molar-refractivity contribution < 1.29 is 9.59 Å². The first-order valence-electron chi connectivity index (χ1n) is 7.24. The van der Waals surface area contributed by atoms with E-state index in [0.29, 0.717) is 18.8 Å². The van der Waals surface area contributed by atoms with E-state index in [-0.39, 0.29) is 17.9 Å². The van der Waals surface area contributed by atoms with Crippen LogP contribution in [0.4, 0.5) is 16.2 Å². The molecule has 1 aliphatic rings. The van der Waals surface area contributed by atoms with Gasteiger partial charge in [-0.3, -0.25) is 9.69 Å². The molecular formula is C15H22N4O2. The van der Waals surface area contributed by atoms with Crippen molar-refractivity contribution in [1.82, 2.24) is 5.32 Å². The molecule has 1 saturated heterocycles. The van der Waals surface area contributed by atoms with Crippen molar-refractivity contribution in [2.24, 2.45) is 11.7 Å². The Balaban J connectivity index is 2.07. The maximum Gasteiger partial charge on any atom is 0.321 e. The molecule has 114 valence electrons. The van der Waals surface area contributed by atoms with Crippen LogP contribution in [0.3, 0.4) is 0 Å². The highest BCUT2D eigenvalue weighted by molar-refractivity contribution is 5.97. The number of nitrogens with zero attached hydrogens (tertiary/aromatic N) is 1. The van der Waals surface area contributed by atoms with Crippen LogP contribution in [-0.2, 0) is 4.79 Å². The SMILES string of the molecule is CCC(C)[C@H](N)C(=O)Nc1cccc(N2CCNC2=O)c1. The first kappa shape index (κ1) is 15.3. The first-order chi connectivity index (χ1) is 10.0. The molecule has 2 atom stereocenters. The lowest BCUT2D eigenvalue weighted by molar-refractivity contribution is -0.118. The monoisotopic (exact) mass is 290 g/mol. The lowest BCUT2D eigenvalue weighted by Crippen LogP contribution is -2.40. The van der Waals surface area contributed by atoms with Crippen LogP contribution in [0.15, 0.2) is 24.3 Å². The van der Waals surface area contributed by atoms with Crippen LogP contribution in [0.25, 0.3) is 0 Å². The normalized spacial score (nSPS) is 17.3. The molecule has 1 aliphatic heterocycles. The predicted molar refractivity (Wildman–Crippen MR) is 83.2 cm³/mol. The lowest BCUT2D eigenvalue weighted by atomic mass is 9.99. The number of hydrogen-bond donors (Lipinski definition) is 3. The fourth-order valence-corrected chi connectivity index (χ4v) is 2.21. The number of benzene rings is 1. The second-order valence-electron chi connectivity index (χ2n) is 5.33. The molecule has 0 radical (unpaired) electrons. The van der Waals surface area contributed by atoms with Gasteiger partial charge in [0, 0.05) is 24.5 Å². The van der Waals surface area contributed by atoms with Gasteiger partial charge in [-0.25, -0.2) is 4.79 Å². The van der Waals surface area contributed by atoms with E-state index in [1.165, 1.54) is 0 Å². The summed E-state index contributed by atoms with van der Waals surface area (Å²) >= 11 is 0. The molecule has 2 rings (SSSR count). The summed E-state index contributed by atoms with van der Waals surface area (Å²) in [5, 5.41) is 5.56. The summed E-state index contributed by atoms with van der Waals surface area (Å²) in [6.07, 6.45) is 0.850. The molecule has 1 heterocycles. The molecule has 1 aromatic rings. The number of carbonyl (C=O) groups excluding carboxylic acids is 2. The topological polar surface area (TPSA) is 87.5 Å². The van der Waals surface area contributed by atoms with Gasteiger partial charge in [0.25, 0.3) is 0 Å². The highest BCUT2D eigenvalue weighted by Crippen LogP contribution is 2.21. The zero-order chi connectivity index (χ0) is 15.4. The van der Waals surface area contributed by atoms with Gasteiger partial charge in [0.2, 0.25) is 5.91 Å². The molecule has 6 nitrogen and oxygen atoms in total. The van der Waals surface area contributed by atoms with Crippen LogP contribution >= 0.6 is 0 Å². The van der Waals surface area contributed by atoms with Gasteiger partial charge < -0.3 is 16.4 Å². The largest absolute Gasteiger partial charge is 0.336 e. The second kappa shape index (κ2) is 6.58. The van der Waals surface area contributed by atoms with Crippen LogP contribution in [0, 0.1) is 5.92 Å². The van der Waals surface area contributed by atoms with Crippen molar-refractivity contribution >= 4 is 23.3 Å². The third kappa shape index (κ3) is 3.52. The Hall–Kier alpha value is -2.08. The molecule has 1 fully saturated rings. The van der Waals surface area contributed by atoms with Gasteiger partial charge >= 0.3 is 6.03 Å². The van der Waals surface area contributed by atoms with Gasteiger partial charge in [-0.15, -0.1) is 0 Å². The van der Waals surface area contributed by atoms with E-state index in [1.807, 2.05) is 26.0 Å². The number of amides is 3. The third-order valence-electron chi connectivity index (χ3n) is 3.84. The summed E-state index contributed by atoms with van der Waals surface area (Å²) in [4.78, 5) is 25.4. The Morgan fingerprint density at radius 1 is 1.52 bits per heavy atom. The zero-order valence-corrected chi connectivity index (χ0v) is 12.4. The molecule has 0 spiro atoms. The molecule has 0 saturated carbocycles. The Morgan fingerprint density at radius 2 is 2.29 bits per heavy atom. The van der Waals surface area contributed by atoms with Crippen LogP contribution < -0.4 is 21.3 Å². The number of urea groups is 1. The van der Waals surface area contributed by atoms with Crippen molar-refractivity contribution in [3.63, 3.8) is 0 Å². The molecule has 0 bridgehead atoms. The Kier molecular flexibility index (Phi) is 4.80. The summed E-state index contributed by atoms with van der Waals surface area (Å²) in [5.41, 5.74) is 7.33. The summed E-state index contributed by atoms with van der Waals surface area (Å²) < 4.78 is 0. The highest BCUT2D eigenvalue weighted by atomic mass is 16.2. The molecular weight excluding hydrogens is 268 g/mol. The fourth-order valence-electron chi connectivity index (χ4n) is 2.21. The van der Waals surface area contributed by atoms with E-state index >= 15 is 0 Å². The van der Waals surface area contributed by atoms with Crippen molar-refractivity contribution in [1.29, 1.82) is 0 Å². The Bertz CT molecular complexity index is 532. The summed E-state index contributed by atoms with van der Waals surface area (Å²) in [7, 11) is 0. The van der Waals surface area contributed by atoms with Crippen LogP contribution in [0.2, 0.25) is 0 Å². The Morgan fingerprint density at radius 3 is 2.90 bits per heavy atom. The van der Waals surface area contributed by atoms with Gasteiger partial charge in [-0.2, -0.15) is 0 Å². The fraction of sp³-hybridized carbons (Fsp3) is 0.467.